The molecular weight excluding hydrogens is 428 g/mol. The molecule has 2 aliphatic rings. The van der Waals surface area contributed by atoms with E-state index in [4.69, 9.17) is 4.74 Å². The van der Waals surface area contributed by atoms with Gasteiger partial charge >= 0.3 is 0 Å². The van der Waals surface area contributed by atoms with Crippen molar-refractivity contribution in [3.63, 3.8) is 0 Å². The monoisotopic (exact) mass is 456 g/mol. The van der Waals surface area contributed by atoms with Gasteiger partial charge in [0.05, 0.1) is 11.7 Å². The van der Waals surface area contributed by atoms with Crippen LogP contribution in [0.15, 0.2) is 120 Å². The lowest BCUT2D eigenvalue weighted by atomic mass is 9.77. The van der Waals surface area contributed by atoms with Gasteiger partial charge in [0.15, 0.2) is 0 Å². The first-order valence-corrected chi connectivity index (χ1v) is 12.3. The van der Waals surface area contributed by atoms with Crippen molar-refractivity contribution >= 4 is 17.6 Å². The zero-order valence-corrected chi connectivity index (χ0v) is 19.5. The summed E-state index contributed by atoms with van der Waals surface area (Å²) in [6, 6.07) is 35.9. The van der Waals surface area contributed by atoms with Crippen molar-refractivity contribution in [2.45, 2.75) is 25.0 Å². The minimum atomic E-state index is 0.311. The van der Waals surface area contributed by atoms with Gasteiger partial charge < -0.3 is 10.1 Å². The number of benzene rings is 4. The van der Waals surface area contributed by atoms with Crippen LogP contribution in [0.5, 0.6) is 5.75 Å². The van der Waals surface area contributed by atoms with Gasteiger partial charge in [-0.3, -0.25) is 4.99 Å². The van der Waals surface area contributed by atoms with Crippen LogP contribution in [-0.2, 0) is 6.61 Å². The molecule has 172 valence electrons. The quantitative estimate of drug-likeness (QED) is 0.237. The van der Waals surface area contributed by atoms with Crippen molar-refractivity contribution in [3.8, 4) is 5.75 Å². The normalized spacial score (nSPS) is 20.3. The van der Waals surface area contributed by atoms with E-state index < -0.39 is 0 Å². The SMILES string of the molecule is C1=C[C@@H]2c3ccccc3N[C@H](c3ccc(N=Cc4ccc(OCc5ccccc5)cc4)cc3)[C@@H]2C1. The van der Waals surface area contributed by atoms with E-state index in [0.717, 1.165) is 29.0 Å². The summed E-state index contributed by atoms with van der Waals surface area (Å²) in [6.07, 6.45) is 7.74. The third kappa shape index (κ3) is 4.63. The molecule has 4 aromatic rings. The zero-order valence-electron chi connectivity index (χ0n) is 19.5. The van der Waals surface area contributed by atoms with E-state index >= 15 is 0 Å². The molecule has 0 fully saturated rings. The first-order chi connectivity index (χ1) is 17.3. The third-order valence-electron chi connectivity index (χ3n) is 7.02. The Labute approximate surface area is 206 Å². The highest BCUT2D eigenvalue weighted by molar-refractivity contribution is 5.82. The highest BCUT2D eigenvalue weighted by Crippen LogP contribution is 2.49. The fourth-order valence-electron chi connectivity index (χ4n) is 5.18. The Bertz CT molecular complexity index is 1340. The molecule has 0 unspecified atom stereocenters. The largest absolute Gasteiger partial charge is 0.489 e. The number of hydrogen-bond donors (Lipinski definition) is 1. The van der Waals surface area contributed by atoms with E-state index in [9.17, 15) is 0 Å². The van der Waals surface area contributed by atoms with Gasteiger partial charge in [-0.05, 0) is 77.1 Å². The molecule has 3 atom stereocenters. The van der Waals surface area contributed by atoms with Crippen LogP contribution in [0.1, 0.15) is 40.6 Å². The fourth-order valence-corrected chi connectivity index (χ4v) is 5.18. The Morgan fingerprint density at radius 2 is 1.60 bits per heavy atom. The first kappa shape index (κ1) is 21.4. The van der Waals surface area contributed by atoms with Crippen LogP contribution < -0.4 is 10.1 Å². The van der Waals surface area contributed by atoms with Crippen LogP contribution in [0, 0.1) is 5.92 Å². The molecule has 0 aromatic heterocycles. The molecule has 0 spiro atoms. The van der Waals surface area contributed by atoms with Gasteiger partial charge in [0.1, 0.15) is 12.4 Å². The molecule has 1 N–H and O–H groups in total. The number of ether oxygens (including phenoxy) is 1. The van der Waals surface area contributed by atoms with Crippen molar-refractivity contribution in [3.05, 3.63) is 138 Å². The van der Waals surface area contributed by atoms with Crippen molar-refractivity contribution in [2.24, 2.45) is 10.9 Å². The second-order valence-corrected chi connectivity index (χ2v) is 9.26. The van der Waals surface area contributed by atoms with E-state index in [1.165, 1.54) is 16.8 Å². The Balaban J connectivity index is 1.11. The number of para-hydroxylation sites is 1. The zero-order chi connectivity index (χ0) is 23.5. The standard InChI is InChI=1S/C32H28N2O/c1-2-7-24(8-3-1)22-35-27-19-13-23(14-20-27)21-33-26-17-15-25(16-18-26)32-30-11-6-10-28(30)29-9-4-5-12-31(29)34-32/h1-10,12-21,28,30,32,34H,11,22H2/t28-,30-,32-/m1/s1. The molecule has 1 aliphatic heterocycles. The Morgan fingerprint density at radius 3 is 2.43 bits per heavy atom. The molecule has 0 radical (unpaired) electrons. The molecule has 6 rings (SSSR count). The maximum Gasteiger partial charge on any atom is 0.119 e. The number of nitrogens with one attached hydrogen (secondary N) is 1. The summed E-state index contributed by atoms with van der Waals surface area (Å²) < 4.78 is 5.88. The molecule has 1 heterocycles. The Hall–Kier alpha value is -4.11. The topological polar surface area (TPSA) is 33.6 Å². The highest BCUT2D eigenvalue weighted by atomic mass is 16.5. The van der Waals surface area contributed by atoms with Gasteiger partial charge in [-0.2, -0.15) is 0 Å². The summed E-state index contributed by atoms with van der Waals surface area (Å²) in [6.45, 7) is 0.569. The summed E-state index contributed by atoms with van der Waals surface area (Å²) in [5, 5.41) is 3.80. The number of allylic oxidation sites excluding steroid dienone is 2. The van der Waals surface area contributed by atoms with E-state index in [0.29, 0.717) is 24.5 Å². The highest BCUT2D eigenvalue weighted by Gasteiger charge is 2.37. The van der Waals surface area contributed by atoms with Gasteiger partial charge in [0.2, 0.25) is 0 Å². The average molecular weight is 457 g/mol. The lowest BCUT2D eigenvalue weighted by Gasteiger charge is -2.37. The van der Waals surface area contributed by atoms with Crippen molar-refractivity contribution in [1.82, 2.24) is 0 Å². The number of anilines is 1. The predicted octanol–water partition coefficient (Wildman–Crippen LogP) is 7.84. The lowest BCUT2D eigenvalue weighted by molar-refractivity contribution is 0.306. The van der Waals surface area contributed by atoms with E-state index in [-0.39, 0.29) is 0 Å². The second kappa shape index (κ2) is 9.63. The number of nitrogens with zero attached hydrogens (tertiary/aromatic N) is 1. The second-order valence-electron chi connectivity index (χ2n) is 9.26. The molecular formula is C32H28N2O. The maximum absolute atomic E-state index is 5.88. The Morgan fingerprint density at radius 1 is 0.829 bits per heavy atom. The van der Waals surface area contributed by atoms with Crippen LogP contribution in [0.25, 0.3) is 0 Å². The fraction of sp³-hybridized carbons (Fsp3) is 0.156. The summed E-state index contributed by atoms with van der Waals surface area (Å²) in [7, 11) is 0. The molecule has 0 saturated carbocycles. The van der Waals surface area contributed by atoms with Crippen LogP contribution in [0.4, 0.5) is 11.4 Å². The average Bonchev–Trinajstić information content (AvgIpc) is 3.42. The van der Waals surface area contributed by atoms with Gasteiger partial charge in [-0.25, -0.2) is 0 Å². The smallest absolute Gasteiger partial charge is 0.119 e. The molecule has 0 bridgehead atoms. The van der Waals surface area contributed by atoms with Gasteiger partial charge in [0, 0.05) is 17.8 Å². The summed E-state index contributed by atoms with van der Waals surface area (Å²) in [5.41, 5.74) is 7.15. The van der Waals surface area contributed by atoms with Crippen molar-refractivity contribution in [2.75, 3.05) is 5.32 Å². The molecule has 35 heavy (non-hydrogen) atoms. The van der Waals surface area contributed by atoms with Crippen LogP contribution in [0.2, 0.25) is 0 Å². The molecule has 1 aliphatic carbocycles. The van der Waals surface area contributed by atoms with Gasteiger partial charge in [-0.1, -0.05) is 72.8 Å². The Kier molecular flexibility index (Phi) is 5.90. The number of rotatable bonds is 6. The predicted molar refractivity (Wildman–Crippen MR) is 144 cm³/mol. The number of aliphatic imine (C=N–C) groups is 1. The summed E-state index contributed by atoms with van der Waals surface area (Å²) in [5.74, 6) is 1.91. The van der Waals surface area contributed by atoms with Crippen LogP contribution >= 0.6 is 0 Å². The minimum absolute atomic E-state index is 0.311. The summed E-state index contributed by atoms with van der Waals surface area (Å²) in [4.78, 5) is 4.69. The molecule has 4 aromatic carbocycles. The molecule has 3 nitrogen and oxygen atoms in total. The van der Waals surface area contributed by atoms with Crippen LogP contribution in [-0.4, -0.2) is 6.21 Å². The maximum atomic E-state index is 5.88. The van der Waals surface area contributed by atoms with Crippen molar-refractivity contribution < 1.29 is 4.74 Å². The van der Waals surface area contributed by atoms with E-state index in [1.54, 1.807) is 0 Å². The lowest BCUT2D eigenvalue weighted by Crippen LogP contribution is -2.28. The van der Waals surface area contributed by atoms with E-state index in [1.807, 2.05) is 48.7 Å². The number of fused-ring (bicyclic) bond motifs is 3. The van der Waals surface area contributed by atoms with E-state index in [2.05, 4.69) is 83.1 Å². The van der Waals surface area contributed by atoms with Gasteiger partial charge in [-0.15, -0.1) is 0 Å². The van der Waals surface area contributed by atoms with Gasteiger partial charge in [0.25, 0.3) is 0 Å². The minimum Gasteiger partial charge on any atom is -0.489 e. The molecule has 0 saturated heterocycles. The first-order valence-electron chi connectivity index (χ1n) is 12.3. The molecule has 0 amide bonds. The summed E-state index contributed by atoms with van der Waals surface area (Å²) >= 11 is 0. The number of hydrogen-bond acceptors (Lipinski definition) is 3. The van der Waals surface area contributed by atoms with Crippen molar-refractivity contribution in [1.29, 1.82) is 0 Å². The molecule has 3 heteroatoms. The third-order valence-corrected chi connectivity index (χ3v) is 7.02. The van der Waals surface area contributed by atoms with Crippen LogP contribution in [0.3, 0.4) is 0 Å².